The molecule has 1 aromatic carbocycles. The third-order valence-electron chi connectivity index (χ3n) is 2.07. The van der Waals surface area contributed by atoms with E-state index in [-0.39, 0.29) is 11.6 Å². The number of hydrogen-bond acceptors (Lipinski definition) is 1. The van der Waals surface area contributed by atoms with Crippen molar-refractivity contribution in [1.82, 2.24) is 0 Å². The molecule has 0 aliphatic heterocycles. The van der Waals surface area contributed by atoms with Crippen LogP contribution >= 0.6 is 0 Å². The zero-order valence-corrected chi connectivity index (χ0v) is 9.60. The van der Waals surface area contributed by atoms with E-state index in [9.17, 15) is 9.18 Å². The van der Waals surface area contributed by atoms with Crippen molar-refractivity contribution in [2.24, 2.45) is 5.41 Å². The molecule has 16 heavy (non-hydrogen) atoms. The quantitative estimate of drug-likeness (QED) is 0.723. The van der Waals surface area contributed by atoms with Crippen LogP contribution in [-0.2, 0) is 4.79 Å². The lowest BCUT2D eigenvalue weighted by Crippen LogP contribution is -2.28. The van der Waals surface area contributed by atoms with E-state index in [1.165, 1.54) is 12.1 Å². The minimum atomic E-state index is -0.558. The second-order valence-corrected chi connectivity index (χ2v) is 4.54. The fourth-order valence-corrected chi connectivity index (χ4v) is 1.02. The molecule has 0 atom stereocenters. The van der Waals surface area contributed by atoms with Gasteiger partial charge in [-0.2, -0.15) is 0 Å². The van der Waals surface area contributed by atoms with E-state index in [0.29, 0.717) is 5.56 Å². The topological polar surface area (TPSA) is 29.1 Å². The van der Waals surface area contributed by atoms with Gasteiger partial charge in [0.2, 0.25) is 5.91 Å². The number of carbonyl (C=O) groups excluding carboxylic acids is 1. The van der Waals surface area contributed by atoms with Gasteiger partial charge in [-0.3, -0.25) is 4.79 Å². The van der Waals surface area contributed by atoms with Crippen LogP contribution in [0.5, 0.6) is 0 Å². The number of hydrogen-bond donors (Lipinski definition) is 1. The largest absolute Gasteiger partial charge is 0.323 e. The maximum atomic E-state index is 13.5. The van der Waals surface area contributed by atoms with Gasteiger partial charge in [0.05, 0.1) is 5.69 Å². The van der Waals surface area contributed by atoms with Gasteiger partial charge in [0.25, 0.3) is 0 Å². The first-order valence-corrected chi connectivity index (χ1v) is 4.92. The van der Waals surface area contributed by atoms with E-state index in [0.717, 1.165) is 0 Å². The second kappa shape index (κ2) is 4.36. The predicted octanol–water partition coefficient (Wildman–Crippen LogP) is 2.79. The van der Waals surface area contributed by atoms with Gasteiger partial charge in [-0.05, 0) is 18.2 Å². The van der Waals surface area contributed by atoms with Crippen molar-refractivity contribution in [2.45, 2.75) is 20.8 Å². The average molecular weight is 219 g/mol. The van der Waals surface area contributed by atoms with Gasteiger partial charge in [-0.25, -0.2) is 4.39 Å². The van der Waals surface area contributed by atoms with Crippen LogP contribution in [0.3, 0.4) is 0 Å². The third-order valence-corrected chi connectivity index (χ3v) is 2.07. The Balaban J connectivity index is 2.92. The maximum absolute atomic E-state index is 13.5. The third kappa shape index (κ3) is 2.83. The van der Waals surface area contributed by atoms with Crippen LogP contribution in [0, 0.1) is 23.6 Å². The minimum absolute atomic E-state index is 0.152. The smallest absolute Gasteiger partial charge is 0.229 e. The van der Waals surface area contributed by atoms with Crippen LogP contribution in [0.15, 0.2) is 18.2 Å². The zero-order valence-electron chi connectivity index (χ0n) is 9.60. The van der Waals surface area contributed by atoms with Crippen LogP contribution in [0.2, 0.25) is 0 Å². The summed E-state index contributed by atoms with van der Waals surface area (Å²) < 4.78 is 13.5. The Labute approximate surface area is 94.9 Å². The van der Waals surface area contributed by atoms with E-state index in [1.807, 2.05) is 0 Å². The molecule has 1 N–H and O–H groups in total. The minimum Gasteiger partial charge on any atom is -0.323 e. The van der Waals surface area contributed by atoms with Crippen molar-refractivity contribution in [3.8, 4) is 12.3 Å². The summed E-state index contributed by atoms with van der Waals surface area (Å²) in [7, 11) is 0. The first-order chi connectivity index (χ1) is 7.34. The molecule has 2 nitrogen and oxygen atoms in total. The molecule has 0 unspecified atom stereocenters. The SMILES string of the molecule is C#Cc1ccc(NC(=O)C(C)(C)C)c(F)c1. The molecule has 0 radical (unpaired) electrons. The molecule has 0 aromatic heterocycles. The van der Waals surface area contributed by atoms with Crippen LogP contribution in [0.25, 0.3) is 0 Å². The van der Waals surface area contributed by atoms with Crippen LogP contribution in [0.4, 0.5) is 10.1 Å². The van der Waals surface area contributed by atoms with E-state index >= 15 is 0 Å². The summed E-state index contributed by atoms with van der Waals surface area (Å²) in [6.45, 7) is 5.28. The van der Waals surface area contributed by atoms with Gasteiger partial charge in [0.1, 0.15) is 5.82 Å². The monoisotopic (exact) mass is 219 g/mol. The van der Waals surface area contributed by atoms with Crippen molar-refractivity contribution in [3.63, 3.8) is 0 Å². The Bertz CT molecular complexity index is 452. The summed E-state index contributed by atoms with van der Waals surface area (Å²) in [5, 5.41) is 2.52. The normalized spacial score (nSPS) is 10.7. The maximum Gasteiger partial charge on any atom is 0.229 e. The molecule has 1 amide bonds. The van der Waals surface area contributed by atoms with Gasteiger partial charge in [-0.1, -0.05) is 26.7 Å². The molecule has 0 fully saturated rings. The number of benzene rings is 1. The first-order valence-electron chi connectivity index (χ1n) is 4.92. The summed E-state index contributed by atoms with van der Waals surface area (Å²) in [5.74, 6) is 1.57. The van der Waals surface area contributed by atoms with Gasteiger partial charge in [-0.15, -0.1) is 6.42 Å². The van der Waals surface area contributed by atoms with Crippen LogP contribution in [0.1, 0.15) is 26.3 Å². The van der Waals surface area contributed by atoms with E-state index in [1.54, 1.807) is 26.8 Å². The molecule has 0 saturated carbocycles. The number of anilines is 1. The van der Waals surface area contributed by atoms with Gasteiger partial charge >= 0.3 is 0 Å². The highest BCUT2D eigenvalue weighted by Gasteiger charge is 2.22. The fraction of sp³-hybridized carbons (Fsp3) is 0.308. The van der Waals surface area contributed by atoms with Crippen molar-refractivity contribution in [1.29, 1.82) is 0 Å². The summed E-state index contributed by atoms with van der Waals surface area (Å²) in [5.41, 5.74) is 0.0437. The molecule has 0 spiro atoms. The molecule has 84 valence electrons. The van der Waals surface area contributed by atoms with Crippen LogP contribution < -0.4 is 5.32 Å². The fourth-order valence-electron chi connectivity index (χ4n) is 1.02. The van der Waals surface area contributed by atoms with E-state index in [2.05, 4.69) is 11.2 Å². The van der Waals surface area contributed by atoms with Crippen molar-refractivity contribution < 1.29 is 9.18 Å². The molecular formula is C13H14FNO. The van der Waals surface area contributed by atoms with Gasteiger partial charge in [0.15, 0.2) is 0 Å². The summed E-state index contributed by atoms with van der Waals surface area (Å²) in [4.78, 5) is 11.6. The second-order valence-electron chi connectivity index (χ2n) is 4.54. The highest BCUT2D eigenvalue weighted by molar-refractivity contribution is 5.94. The van der Waals surface area contributed by atoms with Crippen LogP contribution in [-0.4, -0.2) is 5.91 Å². The zero-order chi connectivity index (χ0) is 12.3. The van der Waals surface area contributed by atoms with Crippen molar-refractivity contribution in [2.75, 3.05) is 5.32 Å². The number of rotatable bonds is 1. The number of amides is 1. The molecule has 0 aliphatic carbocycles. The average Bonchev–Trinajstić information content (AvgIpc) is 2.19. The lowest BCUT2D eigenvalue weighted by Gasteiger charge is -2.17. The Morgan fingerprint density at radius 2 is 2.06 bits per heavy atom. The molecule has 0 aliphatic rings. The molecule has 1 aromatic rings. The Hall–Kier alpha value is -1.82. The lowest BCUT2D eigenvalue weighted by atomic mass is 9.95. The number of nitrogens with one attached hydrogen (secondary N) is 1. The number of carbonyl (C=O) groups is 1. The summed E-state index contributed by atoms with van der Waals surface area (Å²) >= 11 is 0. The van der Waals surface area contributed by atoms with E-state index < -0.39 is 11.2 Å². The molecule has 0 saturated heterocycles. The highest BCUT2D eigenvalue weighted by Crippen LogP contribution is 2.20. The van der Waals surface area contributed by atoms with Crippen molar-refractivity contribution in [3.05, 3.63) is 29.6 Å². The standard InChI is InChI=1S/C13H14FNO/c1-5-9-6-7-11(10(14)8-9)15-12(16)13(2,3)4/h1,6-8H,2-4H3,(H,15,16). The summed E-state index contributed by atoms with van der Waals surface area (Å²) in [6, 6.07) is 4.27. The molecular weight excluding hydrogens is 205 g/mol. The van der Waals surface area contributed by atoms with Crippen molar-refractivity contribution >= 4 is 11.6 Å². The Kier molecular flexibility index (Phi) is 3.34. The number of terminal acetylenes is 1. The Morgan fingerprint density at radius 1 is 1.44 bits per heavy atom. The van der Waals surface area contributed by atoms with E-state index in [4.69, 9.17) is 6.42 Å². The molecule has 3 heteroatoms. The Morgan fingerprint density at radius 3 is 2.50 bits per heavy atom. The molecule has 0 heterocycles. The van der Waals surface area contributed by atoms with Gasteiger partial charge < -0.3 is 5.32 Å². The first kappa shape index (κ1) is 12.3. The molecule has 0 bridgehead atoms. The predicted molar refractivity (Wildman–Crippen MR) is 62.4 cm³/mol. The summed E-state index contributed by atoms with van der Waals surface area (Å²) in [6.07, 6.45) is 5.14. The lowest BCUT2D eigenvalue weighted by molar-refractivity contribution is -0.123. The number of halogens is 1. The molecule has 1 rings (SSSR count). The van der Waals surface area contributed by atoms with Gasteiger partial charge in [0, 0.05) is 11.0 Å². The highest BCUT2D eigenvalue weighted by atomic mass is 19.1.